The van der Waals surface area contributed by atoms with E-state index in [1.165, 1.54) is 0 Å². The van der Waals surface area contributed by atoms with E-state index in [0.717, 1.165) is 25.6 Å². The van der Waals surface area contributed by atoms with Gasteiger partial charge in [0.1, 0.15) is 0 Å². The van der Waals surface area contributed by atoms with Crippen molar-refractivity contribution in [3.05, 3.63) is 18.5 Å². The SMILES string of the molecule is C[C@H]1CN(c2ncccn2)CCN1CC(C)(C)O. The molecule has 1 N–H and O–H groups in total. The number of β-amino-alcohol motifs (C(OH)–C–C–N with tert-alkyl or cyclic N) is 1. The van der Waals surface area contributed by atoms with Crippen LogP contribution in [0, 0.1) is 0 Å². The van der Waals surface area contributed by atoms with Crippen molar-refractivity contribution < 1.29 is 5.11 Å². The maximum absolute atomic E-state index is 9.89. The van der Waals surface area contributed by atoms with Crippen LogP contribution < -0.4 is 4.90 Å². The fraction of sp³-hybridized carbons (Fsp3) is 0.692. The van der Waals surface area contributed by atoms with Gasteiger partial charge in [-0.3, -0.25) is 4.90 Å². The number of piperazine rings is 1. The van der Waals surface area contributed by atoms with E-state index >= 15 is 0 Å². The van der Waals surface area contributed by atoms with Crippen molar-refractivity contribution in [3.63, 3.8) is 0 Å². The molecule has 1 aromatic rings. The van der Waals surface area contributed by atoms with Gasteiger partial charge in [0.05, 0.1) is 5.60 Å². The van der Waals surface area contributed by atoms with E-state index in [9.17, 15) is 5.11 Å². The summed E-state index contributed by atoms with van der Waals surface area (Å²) in [5.41, 5.74) is -0.639. The topological polar surface area (TPSA) is 52.5 Å². The van der Waals surface area contributed by atoms with E-state index < -0.39 is 5.60 Å². The number of anilines is 1. The molecule has 1 aromatic heterocycles. The van der Waals surface area contributed by atoms with Crippen molar-refractivity contribution in [1.29, 1.82) is 0 Å². The van der Waals surface area contributed by atoms with E-state index in [0.29, 0.717) is 12.6 Å². The molecule has 0 saturated carbocycles. The molecule has 1 fully saturated rings. The van der Waals surface area contributed by atoms with Gasteiger partial charge in [-0.25, -0.2) is 9.97 Å². The Morgan fingerprint density at radius 2 is 2.00 bits per heavy atom. The van der Waals surface area contributed by atoms with Gasteiger partial charge < -0.3 is 10.0 Å². The summed E-state index contributed by atoms with van der Waals surface area (Å²) in [6, 6.07) is 2.23. The molecule has 0 aliphatic carbocycles. The number of aromatic nitrogens is 2. The zero-order valence-corrected chi connectivity index (χ0v) is 11.4. The highest BCUT2D eigenvalue weighted by molar-refractivity contribution is 5.29. The molecule has 100 valence electrons. The number of nitrogens with zero attached hydrogens (tertiary/aromatic N) is 4. The first kappa shape index (κ1) is 13.2. The van der Waals surface area contributed by atoms with E-state index in [4.69, 9.17) is 0 Å². The third kappa shape index (κ3) is 3.40. The Kier molecular flexibility index (Phi) is 3.82. The van der Waals surface area contributed by atoms with Crippen LogP contribution in [0.5, 0.6) is 0 Å². The van der Waals surface area contributed by atoms with Crippen LogP contribution in [0.15, 0.2) is 18.5 Å². The second kappa shape index (κ2) is 5.20. The van der Waals surface area contributed by atoms with E-state index in [-0.39, 0.29) is 0 Å². The zero-order chi connectivity index (χ0) is 13.2. The minimum atomic E-state index is -0.639. The van der Waals surface area contributed by atoms with Crippen LogP contribution >= 0.6 is 0 Å². The number of hydrogen-bond donors (Lipinski definition) is 1. The van der Waals surface area contributed by atoms with Crippen molar-refractivity contribution in [2.45, 2.75) is 32.4 Å². The molecule has 1 aliphatic heterocycles. The first-order valence-corrected chi connectivity index (χ1v) is 6.44. The maximum atomic E-state index is 9.89. The standard InChI is InChI=1S/C13H22N4O/c1-11-9-16(12-14-5-4-6-15-12)7-8-17(11)10-13(2,3)18/h4-6,11,18H,7-10H2,1-3H3/t11-/m0/s1. The molecular formula is C13H22N4O. The number of aliphatic hydroxyl groups is 1. The molecule has 0 unspecified atom stereocenters. The predicted octanol–water partition coefficient (Wildman–Crippen LogP) is 0.758. The maximum Gasteiger partial charge on any atom is 0.225 e. The van der Waals surface area contributed by atoms with E-state index in [1.54, 1.807) is 12.4 Å². The Labute approximate surface area is 108 Å². The molecule has 0 aromatic carbocycles. The Morgan fingerprint density at radius 1 is 1.33 bits per heavy atom. The van der Waals surface area contributed by atoms with Crippen molar-refractivity contribution in [3.8, 4) is 0 Å². The van der Waals surface area contributed by atoms with Crippen molar-refractivity contribution in [2.75, 3.05) is 31.1 Å². The summed E-state index contributed by atoms with van der Waals surface area (Å²) in [5, 5.41) is 9.89. The summed E-state index contributed by atoms with van der Waals surface area (Å²) in [6.45, 7) is 9.34. The highest BCUT2D eigenvalue weighted by Gasteiger charge is 2.28. The van der Waals surface area contributed by atoms with Gasteiger partial charge in [0.15, 0.2) is 0 Å². The van der Waals surface area contributed by atoms with E-state index in [1.807, 2.05) is 19.9 Å². The lowest BCUT2D eigenvalue weighted by molar-refractivity contribution is 0.0200. The summed E-state index contributed by atoms with van der Waals surface area (Å²) < 4.78 is 0. The highest BCUT2D eigenvalue weighted by Crippen LogP contribution is 2.16. The molecule has 18 heavy (non-hydrogen) atoms. The average Bonchev–Trinajstić information content (AvgIpc) is 2.31. The quantitative estimate of drug-likeness (QED) is 0.858. The van der Waals surface area contributed by atoms with Crippen LogP contribution in [0.1, 0.15) is 20.8 Å². The largest absolute Gasteiger partial charge is 0.389 e. The second-order valence-electron chi connectivity index (χ2n) is 5.63. The van der Waals surface area contributed by atoms with Crippen molar-refractivity contribution in [2.24, 2.45) is 0 Å². The van der Waals surface area contributed by atoms with Gasteiger partial charge in [0.2, 0.25) is 5.95 Å². The van der Waals surface area contributed by atoms with Gasteiger partial charge in [-0.05, 0) is 26.8 Å². The van der Waals surface area contributed by atoms with Crippen LogP contribution in [-0.2, 0) is 0 Å². The van der Waals surface area contributed by atoms with Crippen LogP contribution in [0.2, 0.25) is 0 Å². The lowest BCUT2D eigenvalue weighted by Gasteiger charge is -2.41. The Balaban J connectivity index is 1.96. The number of hydrogen-bond acceptors (Lipinski definition) is 5. The summed E-state index contributed by atoms with van der Waals surface area (Å²) in [7, 11) is 0. The summed E-state index contributed by atoms with van der Waals surface area (Å²) in [5.74, 6) is 0.798. The van der Waals surface area contributed by atoms with Gasteiger partial charge in [-0.2, -0.15) is 0 Å². The average molecular weight is 250 g/mol. The molecule has 0 amide bonds. The summed E-state index contributed by atoms with van der Waals surface area (Å²) in [4.78, 5) is 13.1. The van der Waals surface area contributed by atoms with Gasteiger partial charge in [0.25, 0.3) is 0 Å². The van der Waals surface area contributed by atoms with Crippen molar-refractivity contribution in [1.82, 2.24) is 14.9 Å². The molecule has 0 bridgehead atoms. The van der Waals surface area contributed by atoms with Crippen LogP contribution in [0.25, 0.3) is 0 Å². The third-order valence-electron chi connectivity index (χ3n) is 3.19. The molecule has 1 saturated heterocycles. The van der Waals surface area contributed by atoms with Gasteiger partial charge in [-0.15, -0.1) is 0 Å². The summed E-state index contributed by atoms with van der Waals surface area (Å²) >= 11 is 0. The van der Waals surface area contributed by atoms with Gasteiger partial charge >= 0.3 is 0 Å². The molecular weight excluding hydrogens is 228 g/mol. The fourth-order valence-corrected chi connectivity index (χ4v) is 2.36. The van der Waals surface area contributed by atoms with Crippen molar-refractivity contribution >= 4 is 5.95 Å². The third-order valence-corrected chi connectivity index (χ3v) is 3.19. The lowest BCUT2D eigenvalue weighted by Crippen LogP contribution is -2.55. The normalized spacial score (nSPS) is 22.2. The van der Waals surface area contributed by atoms with E-state index in [2.05, 4.69) is 26.7 Å². The van der Waals surface area contributed by atoms with Crippen LogP contribution in [0.4, 0.5) is 5.95 Å². The molecule has 5 nitrogen and oxygen atoms in total. The first-order valence-electron chi connectivity index (χ1n) is 6.44. The number of rotatable bonds is 3. The van der Waals surface area contributed by atoms with Gasteiger partial charge in [0, 0.05) is 44.6 Å². The zero-order valence-electron chi connectivity index (χ0n) is 11.4. The monoisotopic (exact) mass is 250 g/mol. The minimum absolute atomic E-state index is 0.397. The molecule has 2 rings (SSSR count). The highest BCUT2D eigenvalue weighted by atomic mass is 16.3. The summed E-state index contributed by atoms with van der Waals surface area (Å²) in [6.07, 6.45) is 3.55. The van der Waals surface area contributed by atoms with Crippen LogP contribution in [-0.4, -0.2) is 57.8 Å². The Morgan fingerprint density at radius 3 is 2.56 bits per heavy atom. The Hall–Kier alpha value is -1.20. The lowest BCUT2D eigenvalue weighted by atomic mass is 10.1. The first-order chi connectivity index (χ1) is 8.46. The molecule has 0 spiro atoms. The molecule has 1 aliphatic rings. The molecule has 2 heterocycles. The van der Waals surface area contributed by atoms with Gasteiger partial charge in [-0.1, -0.05) is 0 Å². The fourth-order valence-electron chi connectivity index (χ4n) is 2.36. The Bertz CT molecular complexity index is 376. The minimum Gasteiger partial charge on any atom is -0.389 e. The predicted molar refractivity (Wildman–Crippen MR) is 71.6 cm³/mol. The van der Waals surface area contributed by atoms with Crippen LogP contribution in [0.3, 0.4) is 0 Å². The molecule has 5 heteroatoms. The molecule has 1 atom stereocenters. The second-order valence-corrected chi connectivity index (χ2v) is 5.63. The smallest absolute Gasteiger partial charge is 0.225 e. The molecule has 0 radical (unpaired) electrons.